The number of carboxylic acids is 1. The molecule has 20 heavy (non-hydrogen) atoms. The molecule has 1 aromatic heterocycles. The molecule has 2 aromatic rings. The Morgan fingerprint density at radius 2 is 2.10 bits per heavy atom. The van der Waals surface area contributed by atoms with Gasteiger partial charge in [-0.2, -0.15) is 0 Å². The fourth-order valence-corrected chi connectivity index (χ4v) is 2.31. The van der Waals surface area contributed by atoms with Crippen molar-refractivity contribution in [3.63, 3.8) is 0 Å². The molecule has 1 heterocycles. The lowest BCUT2D eigenvalue weighted by Crippen LogP contribution is -2.32. The lowest BCUT2D eigenvalue weighted by atomic mass is 10.1. The molecule has 0 spiro atoms. The second kappa shape index (κ2) is 5.90. The number of nitrogens with zero attached hydrogens (tertiary/aromatic N) is 2. The number of carboxylic acid groups (broad SMARTS) is 1. The zero-order valence-electron chi connectivity index (χ0n) is 12.1. The fourth-order valence-electron chi connectivity index (χ4n) is 2.31. The highest BCUT2D eigenvalue weighted by Gasteiger charge is 2.18. The molecule has 0 bridgehead atoms. The van der Waals surface area contributed by atoms with Crippen LogP contribution in [0.4, 0.5) is 5.82 Å². The van der Waals surface area contributed by atoms with E-state index in [2.05, 4.69) is 6.07 Å². The van der Waals surface area contributed by atoms with Crippen LogP contribution in [-0.4, -0.2) is 29.1 Å². The number of para-hydroxylation sites is 1. The summed E-state index contributed by atoms with van der Waals surface area (Å²) < 4.78 is 0. The molecule has 0 aliphatic rings. The predicted molar refractivity (Wildman–Crippen MR) is 81.2 cm³/mol. The van der Waals surface area contributed by atoms with Gasteiger partial charge >= 0.3 is 5.97 Å². The molecule has 0 saturated carbocycles. The summed E-state index contributed by atoms with van der Waals surface area (Å²) in [5.41, 5.74) is 2.01. The molecule has 0 aliphatic heterocycles. The number of carbonyl (C=O) groups is 1. The van der Waals surface area contributed by atoms with Crippen molar-refractivity contribution in [3.8, 4) is 0 Å². The van der Waals surface area contributed by atoms with Crippen LogP contribution in [0.2, 0.25) is 0 Å². The smallest absolute Gasteiger partial charge is 0.308 e. The quantitative estimate of drug-likeness (QED) is 0.908. The number of hydrogen-bond donors (Lipinski definition) is 1. The fraction of sp³-hybridized carbons (Fsp3) is 0.375. The number of anilines is 1. The maximum Gasteiger partial charge on any atom is 0.308 e. The van der Waals surface area contributed by atoms with E-state index in [0.29, 0.717) is 6.54 Å². The molecular weight excluding hydrogens is 252 g/mol. The van der Waals surface area contributed by atoms with E-state index < -0.39 is 11.9 Å². The largest absolute Gasteiger partial charge is 0.481 e. The summed E-state index contributed by atoms with van der Waals surface area (Å²) in [4.78, 5) is 17.8. The lowest BCUT2D eigenvalue weighted by molar-refractivity contribution is -0.140. The molecule has 0 saturated heterocycles. The van der Waals surface area contributed by atoms with E-state index in [9.17, 15) is 4.79 Å². The third-order valence-electron chi connectivity index (χ3n) is 3.48. The Hall–Kier alpha value is -2.10. The van der Waals surface area contributed by atoms with Crippen molar-refractivity contribution >= 4 is 22.7 Å². The zero-order valence-corrected chi connectivity index (χ0v) is 12.1. The number of fused-ring (bicyclic) bond motifs is 1. The summed E-state index contributed by atoms with van der Waals surface area (Å²) in [6.45, 7) is 6.97. The monoisotopic (exact) mass is 272 g/mol. The van der Waals surface area contributed by atoms with Crippen LogP contribution in [0.25, 0.3) is 10.9 Å². The summed E-state index contributed by atoms with van der Waals surface area (Å²) >= 11 is 0. The van der Waals surface area contributed by atoms with Gasteiger partial charge in [0.05, 0.1) is 11.4 Å². The van der Waals surface area contributed by atoms with Crippen molar-refractivity contribution in [2.24, 2.45) is 5.92 Å². The van der Waals surface area contributed by atoms with Gasteiger partial charge < -0.3 is 10.0 Å². The summed E-state index contributed by atoms with van der Waals surface area (Å²) in [6.07, 6.45) is 0. The second-order valence-electron chi connectivity index (χ2n) is 5.10. The van der Waals surface area contributed by atoms with E-state index in [0.717, 1.165) is 28.8 Å². The van der Waals surface area contributed by atoms with E-state index in [1.807, 2.05) is 43.0 Å². The SMILES string of the molecule is CCN(CC(C)C(=O)O)c1nc2ccccc2cc1C. The van der Waals surface area contributed by atoms with Gasteiger partial charge in [0.15, 0.2) is 0 Å². The van der Waals surface area contributed by atoms with E-state index in [-0.39, 0.29) is 0 Å². The number of aliphatic carboxylic acids is 1. The number of benzene rings is 1. The topological polar surface area (TPSA) is 53.4 Å². The van der Waals surface area contributed by atoms with E-state index >= 15 is 0 Å². The Morgan fingerprint density at radius 1 is 1.40 bits per heavy atom. The average molecular weight is 272 g/mol. The average Bonchev–Trinajstić information content (AvgIpc) is 2.43. The number of hydrogen-bond acceptors (Lipinski definition) is 3. The first-order valence-corrected chi connectivity index (χ1v) is 6.87. The lowest BCUT2D eigenvalue weighted by Gasteiger charge is -2.25. The third kappa shape index (κ3) is 2.90. The van der Waals surface area contributed by atoms with Crippen molar-refractivity contribution in [3.05, 3.63) is 35.9 Å². The standard InChI is InChI=1S/C16H20N2O2/c1-4-18(10-12(3)16(19)20)15-11(2)9-13-7-5-6-8-14(13)17-15/h5-9,12H,4,10H2,1-3H3,(H,19,20). The normalized spacial score (nSPS) is 12.3. The van der Waals surface area contributed by atoms with Crippen molar-refractivity contribution in [1.82, 2.24) is 4.98 Å². The number of aryl methyl sites for hydroxylation is 1. The molecule has 106 valence electrons. The molecule has 1 atom stereocenters. The van der Waals surface area contributed by atoms with Crippen LogP contribution in [0.3, 0.4) is 0 Å². The molecule has 1 aromatic carbocycles. The highest BCUT2D eigenvalue weighted by Crippen LogP contribution is 2.23. The van der Waals surface area contributed by atoms with Gasteiger partial charge in [-0.05, 0) is 31.5 Å². The van der Waals surface area contributed by atoms with Crippen LogP contribution in [-0.2, 0) is 4.79 Å². The Balaban J connectivity index is 2.38. The number of pyridine rings is 1. The number of aromatic nitrogens is 1. The molecule has 0 radical (unpaired) electrons. The summed E-state index contributed by atoms with van der Waals surface area (Å²) in [7, 11) is 0. The minimum absolute atomic E-state index is 0.414. The van der Waals surface area contributed by atoms with Gasteiger partial charge in [0.2, 0.25) is 0 Å². The van der Waals surface area contributed by atoms with Gasteiger partial charge in [0, 0.05) is 18.5 Å². The Kier molecular flexibility index (Phi) is 4.23. The molecule has 0 fully saturated rings. The Morgan fingerprint density at radius 3 is 2.75 bits per heavy atom. The summed E-state index contributed by atoms with van der Waals surface area (Å²) in [6, 6.07) is 10.1. The zero-order chi connectivity index (χ0) is 14.7. The molecule has 1 unspecified atom stereocenters. The molecule has 4 nitrogen and oxygen atoms in total. The van der Waals surface area contributed by atoms with Crippen LogP contribution in [0, 0.1) is 12.8 Å². The second-order valence-corrected chi connectivity index (χ2v) is 5.10. The van der Waals surface area contributed by atoms with Crippen molar-refractivity contribution in [2.75, 3.05) is 18.0 Å². The molecule has 4 heteroatoms. The maximum atomic E-state index is 11.0. The van der Waals surface area contributed by atoms with Gasteiger partial charge in [0.1, 0.15) is 5.82 Å². The molecule has 2 rings (SSSR count). The maximum absolute atomic E-state index is 11.0. The van der Waals surface area contributed by atoms with Crippen molar-refractivity contribution in [2.45, 2.75) is 20.8 Å². The molecular formula is C16H20N2O2. The third-order valence-corrected chi connectivity index (χ3v) is 3.48. The molecule has 1 N–H and O–H groups in total. The first-order chi connectivity index (χ1) is 9.52. The molecule has 0 amide bonds. The van der Waals surface area contributed by atoms with E-state index in [4.69, 9.17) is 10.1 Å². The first-order valence-electron chi connectivity index (χ1n) is 6.87. The van der Waals surface area contributed by atoms with Gasteiger partial charge in [-0.1, -0.05) is 25.1 Å². The molecule has 0 aliphatic carbocycles. The first kappa shape index (κ1) is 14.3. The van der Waals surface area contributed by atoms with E-state index in [1.54, 1.807) is 6.92 Å². The van der Waals surface area contributed by atoms with Crippen LogP contribution in [0.15, 0.2) is 30.3 Å². The minimum Gasteiger partial charge on any atom is -0.481 e. The number of rotatable bonds is 5. The van der Waals surface area contributed by atoms with E-state index in [1.165, 1.54) is 0 Å². The van der Waals surface area contributed by atoms with Gasteiger partial charge in [-0.15, -0.1) is 0 Å². The van der Waals surface area contributed by atoms with Crippen molar-refractivity contribution < 1.29 is 9.90 Å². The van der Waals surface area contributed by atoms with Crippen LogP contribution in [0.5, 0.6) is 0 Å². The summed E-state index contributed by atoms with van der Waals surface area (Å²) in [5.74, 6) is -0.316. The van der Waals surface area contributed by atoms with Gasteiger partial charge in [-0.3, -0.25) is 4.79 Å². The highest BCUT2D eigenvalue weighted by molar-refractivity contribution is 5.81. The predicted octanol–water partition coefficient (Wildman–Crippen LogP) is 3.09. The highest BCUT2D eigenvalue weighted by atomic mass is 16.4. The minimum atomic E-state index is -0.776. The van der Waals surface area contributed by atoms with Crippen molar-refractivity contribution in [1.29, 1.82) is 0 Å². The Labute approximate surface area is 119 Å². The van der Waals surface area contributed by atoms with Gasteiger partial charge in [-0.25, -0.2) is 4.98 Å². The summed E-state index contributed by atoms with van der Waals surface area (Å²) in [5, 5.41) is 10.2. The van der Waals surface area contributed by atoms with Crippen LogP contribution >= 0.6 is 0 Å². The van der Waals surface area contributed by atoms with Crippen LogP contribution < -0.4 is 4.90 Å². The van der Waals surface area contributed by atoms with Crippen LogP contribution in [0.1, 0.15) is 19.4 Å². The Bertz CT molecular complexity index is 625. The van der Waals surface area contributed by atoms with Gasteiger partial charge in [0.25, 0.3) is 0 Å².